The van der Waals surface area contributed by atoms with Gasteiger partial charge in [-0.25, -0.2) is 18.4 Å². The monoisotopic (exact) mass is 451 g/mol. The second kappa shape index (κ2) is 6.86. The number of halogens is 1. The number of nitrogens with zero attached hydrogens (tertiary/aromatic N) is 2. The first-order chi connectivity index (χ1) is 11.4. The number of nitrogens with one attached hydrogen (secondary N) is 1. The normalized spacial score (nSPS) is 11.2. The maximum atomic E-state index is 12.5. The molecule has 24 heavy (non-hydrogen) atoms. The van der Waals surface area contributed by atoms with Crippen LogP contribution in [0.1, 0.15) is 5.82 Å². The number of anilines is 1. The molecule has 0 atom stereocenters. The topological polar surface area (TPSA) is 72.0 Å². The molecule has 0 fully saturated rings. The van der Waals surface area contributed by atoms with Crippen molar-refractivity contribution in [3.05, 3.63) is 70.2 Å². The standard InChI is InChI=1S/C17H14IN3O2S/c1-12-19-10-9-17(20-12)13-3-2-4-15(11-13)21-24(22,23)16-7-5-14(18)6-8-16/h2-11,21H,1H3. The van der Waals surface area contributed by atoms with Gasteiger partial charge in [-0.15, -0.1) is 0 Å². The van der Waals surface area contributed by atoms with Gasteiger partial charge in [0.2, 0.25) is 0 Å². The second-order valence-electron chi connectivity index (χ2n) is 5.13. The van der Waals surface area contributed by atoms with Gasteiger partial charge in [-0.05, 0) is 72.0 Å². The minimum Gasteiger partial charge on any atom is -0.280 e. The predicted molar refractivity (Wildman–Crippen MR) is 102 cm³/mol. The quantitative estimate of drug-likeness (QED) is 0.612. The van der Waals surface area contributed by atoms with Crippen molar-refractivity contribution in [1.29, 1.82) is 0 Å². The molecule has 0 amide bonds. The van der Waals surface area contributed by atoms with Crippen LogP contribution in [0.5, 0.6) is 0 Å². The van der Waals surface area contributed by atoms with Crippen molar-refractivity contribution < 1.29 is 8.42 Å². The molecule has 0 radical (unpaired) electrons. The van der Waals surface area contributed by atoms with E-state index >= 15 is 0 Å². The SMILES string of the molecule is Cc1nccc(-c2cccc(NS(=O)(=O)c3ccc(I)cc3)c2)n1. The van der Waals surface area contributed by atoms with E-state index in [1.807, 2.05) is 13.0 Å². The molecule has 1 aromatic heterocycles. The van der Waals surface area contributed by atoms with Crippen LogP contribution in [0, 0.1) is 10.5 Å². The molecule has 0 unspecified atom stereocenters. The summed E-state index contributed by atoms with van der Waals surface area (Å²) in [7, 11) is -3.62. The molecular formula is C17H14IN3O2S. The molecule has 0 bridgehead atoms. The summed E-state index contributed by atoms with van der Waals surface area (Å²) in [5.74, 6) is 0.664. The number of hydrogen-bond acceptors (Lipinski definition) is 4. The molecule has 7 heteroatoms. The van der Waals surface area contributed by atoms with Crippen LogP contribution in [-0.2, 0) is 10.0 Å². The molecule has 5 nitrogen and oxygen atoms in total. The van der Waals surface area contributed by atoms with E-state index < -0.39 is 10.0 Å². The molecule has 0 saturated carbocycles. The van der Waals surface area contributed by atoms with Crippen LogP contribution in [0.15, 0.2) is 65.7 Å². The van der Waals surface area contributed by atoms with Gasteiger partial charge in [0.15, 0.2) is 0 Å². The van der Waals surface area contributed by atoms with E-state index in [1.165, 1.54) is 0 Å². The maximum absolute atomic E-state index is 12.5. The summed E-state index contributed by atoms with van der Waals surface area (Å²) in [5.41, 5.74) is 2.06. The minimum atomic E-state index is -3.62. The van der Waals surface area contributed by atoms with Gasteiger partial charge in [0, 0.05) is 21.0 Å². The summed E-state index contributed by atoms with van der Waals surface area (Å²) in [6, 6.07) is 15.6. The van der Waals surface area contributed by atoms with Crippen LogP contribution < -0.4 is 4.72 Å². The molecule has 1 heterocycles. The van der Waals surface area contributed by atoms with Gasteiger partial charge in [-0.1, -0.05) is 12.1 Å². The zero-order chi connectivity index (χ0) is 17.2. The van der Waals surface area contributed by atoms with Crippen LogP contribution in [0.25, 0.3) is 11.3 Å². The van der Waals surface area contributed by atoms with Crippen molar-refractivity contribution in [2.45, 2.75) is 11.8 Å². The summed E-state index contributed by atoms with van der Waals surface area (Å²) in [6.45, 7) is 1.81. The molecule has 3 rings (SSSR count). The number of benzene rings is 2. The third-order valence-corrected chi connectivity index (χ3v) is 5.43. The molecule has 3 aromatic rings. The first-order valence-electron chi connectivity index (χ1n) is 7.12. The fourth-order valence-corrected chi connectivity index (χ4v) is 3.60. The van der Waals surface area contributed by atoms with Crippen LogP contribution >= 0.6 is 22.6 Å². The zero-order valence-corrected chi connectivity index (χ0v) is 15.7. The minimum absolute atomic E-state index is 0.228. The summed E-state index contributed by atoms with van der Waals surface area (Å²) >= 11 is 2.13. The molecule has 0 aliphatic rings. The summed E-state index contributed by atoms with van der Waals surface area (Å²) in [4.78, 5) is 8.66. The summed E-state index contributed by atoms with van der Waals surface area (Å²) in [6.07, 6.45) is 1.68. The first-order valence-corrected chi connectivity index (χ1v) is 9.69. The molecule has 122 valence electrons. The molecule has 0 aliphatic carbocycles. The molecule has 1 N–H and O–H groups in total. The average Bonchev–Trinajstić information content (AvgIpc) is 2.55. The number of sulfonamides is 1. The highest BCUT2D eigenvalue weighted by molar-refractivity contribution is 14.1. The molecule has 0 spiro atoms. The Labute approximate surface area is 154 Å². The fourth-order valence-electron chi connectivity index (χ4n) is 2.19. The van der Waals surface area contributed by atoms with Crippen molar-refractivity contribution in [2.24, 2.45) is 0 Å². The van der Waals surface area contributed by atoms with Gasteiger partial charge in [0.05, 0.1) is 10.6 Å². The molecule has 0 saturated heterocycles. The molecular weight excluding hydrogens is 437 g/mol. The Kier molecular flexibility index (Phi) is 4.81. The van der Waals surface area contributed by atoms with E-state index in [2.05, 4.69) is 37.3 Å². The Morgan fingerprint density at radius 2 is 1.79 bits per heavy atom. The highest BCUT2D eigenvalue weighted by Crippen LogP contribution is 2.23. The van der Waals surface area contributed by atoms with Crippen LogP contribution in [0.4, 0.5) is 5.69 Å². The lowest BCUT2D eigenvalue weighted by atomic mass is 10.1. The largest absolute Gasteiger partial charge is 0.280 e. The Morgan fingerprint density at radius 3 is 2.50 bits per heavy atom. The van der Waals surface area contributed by atoms with Crippen LogP contribution in [-0.4, -0.2) is 18.4 Å². The Bertz CT molecular complexity index is 973. The number of hydrogen-bond donors (Lipinski definition) is 1. The molecule has 2 aromatic carbocycles. The number of rotatable bonds is 4. The van der Waals surface area contributed by atoms with Crippen molar-refractivity contribution >= 4 is 38.3 Å². The third-order valence-electron chi connectivity index (χ3n) is 3.31. The second-order valence-corrected chi connectivity index (χ2v) is 8.06. The van der Waals surface area contributed by atoms with E-state index in [1.54, 1.807) is 54.7 Å². The first kappa shape index (κ1) is 16.8. The summed E-state index contributed by atoms with van der Waals surface area (Å²) < 4.78 is 28.5. The van der Waals surface area contributed by atoms with Gasteiger partial charge < -0.3 is 0 Å². The molecule has 0 aliphatic heterocycles. The van der Waals surface area contributed by atoms with E-state index in [0.29, 0.717) is 11.5 Å². The van der Waals surface area contributed by atoms with Crippen molar-refractivity contribution in [1.82, 2.24) is 9.97 Å². The lowest BCUT2D eigenvalue weighted by molar-refractivity contribution is 0.601. The van der Waals surface area contributed by atoms with E-state index in [9.17, 15) is 8.42 Å². The van der Waals surface area contributed by atoms with Crippen molar-refractivity contribution in [2.75, 3.05) is 4.72 Å². The van der Waals surface area contributed by atoms with E-state index in [4.69, 9.17) is 0 Å². The maximum Gasteiger partial charge on any atom is 0.261 e. The third kappa shape index (κ3) is 3.90. The Hall–Kier alpha value is -2.00. The van der Waals surface area contributed by atoms with Gasteiger partial charge in [-0.3, -0.25) is 4.72 Å². The average molecular weight is 451 g/mol. The van der Waals surface area contributed by atoms with Gasteiger partial charge >= 0.3 is 0 Å². The predicted octanol–water partition coefficient (Wildman–Crippen LogP) is 3.86. The highest BCUT2D eigenvalue weighted by atomic mass is 127. The number of aryl methyl sites for hydroxylation is 1. The lowest BCUT2D eigenvalue weighted by Crippen LogP contribution is -2.12. The van der Waals surface area contributed by atoms with E-state index in [-0.39, 0.29) is 4.90 Å². The Balaban J connectivity index is 1.91. The number of aromatic nitrogens is 2. The fraction of sp³-hybridized carbons (Fsp3) is 0.0588. The van der Waals surface area contributed by atoms with E-state index in [0.717, 1.165) is 14.8 Å². The van der Waals surface area contributed by atoms with Crippen LogP contribution in [0.3, 0.4) is 0 Å². The zero-order valence-electron chi connectivity index (χ0n) is 12.8. The highest BCUT2D eigenvalue weighted by Gasteiger charge is 2.14. The summed E-state index contributed by atoms with van der Waals surface area (Å²) in [5, 5.41) is 0. The van der Waals surface area contributed by atoms with Gasteiger partial charge in [-0.2, -0.15) is 0 Å². The smallest absolute Gasteiger partial charge is 0.261 e. The lowest BCUT2D eigenvalue weighted by Gasteiger charge is -2.10. The Morgan fingerprint density at radius 1 is 1.04 bits per heavy atom. The van der Waals surface area contributed by atoms with Gasteiger partial charge in [0.1, 0.15) is 5.82 Å². The van der Waals surface area contributed by atoms with Crippen LogP contribution in [0.2, 0.25) is 0 Å². The van der Waals surface area contributed by atoms with Crippen molar-refractivity contribution in [3.63, 3.8) is 0 Å². The van der Waals surface area contributed by atoms with Gasteiger partial charge in [0.25, 0.3) is 10.0 Å². The van der Waals surface area contributed by atoms with Crippen molar-refractivity contribution in [3.8, 4) is 11.3 Å².